The Morgan fingerprint density at radius 3 is 2.75 bits per heavy atom. The lowest BCUT2D eigenvalue weighted by Gasteiger charge is -2.20. The van der Waals surface area contributed by atoms with Gasteiger partial charge in [-0.25, -0.2) is 4.98 Å². The Kier molecular flexibility index (Phi) is 3.26. The summed E-state index contributed by atoms with van der Waals surface area (Å²) in [6.45, 7) is 4.40. The van der Waals surface area contributed by atoms with E-state index >= 15 is 0 Å². The van der Waals surface area contributed by atoms with Crippen LogP contribution in [0.4, 0.5) is 0 Å². The van der Waals surface area contributed by atoms with Gasteiger partial charge in [0.05, 0.1) is 15.2 Å². The van der Waals surface area contributed by atoms with Gasteiger partial charge in [-0.2, -0.15) is 0 Å². The van der Waals surface area contributed by atoms with Gasteiger partial charge in [0, 0.05) is 6.61 Å². The molecule has 2 aromatic rings. The Labute approximate surface area is 100.0 Å². The van der Waals surface area contributed by atoms with Gasteiger partial charge >= 0.3 is 0 Å². The first-order chi connectivity index (χ1) is 7.61. The molecule has 0 unspecified atom stereocenters. The molecular weight excluding hydrogens is 218 g/mol. The van der Waals surface area contributed by atoms with E-state index in [9.17, 15) is 5.11 Å². The maximum atomic E-state index is 9.19. The molecule has 1 N–H and O–H groups in total. The molecule has 1 heterocycles. The van der Waals surface area contributed by atoms with Gasteiger partial charge in [-0.1, -0.05) is 26.0 Å². The zero-order chi connectivity index (χ0) is 11.6. The fourth-order valence-electron chi connectivity index (χ4n) is 1.55. The second-order valence-electron chi connectivity index (χ2n) is 4.90. The van der Waals surface area contributed by atoms with Crippen molar-refractivity contribution in [2.24, 2.45) is 5.41 Å². The first-order valence-corrected chi connectivity index (χ1v) is 6.38. The van der Waals surface area contributed by atoms with E-state index in [1.165, 1.54) is 9.71 Å². The van der Waals surface area contributed by atoms with Crippen molar-refractivity contribution in [1.82, 2.24) is 4.98 Å². The molecule has 0 aliphatic heterocycles. The van der Waals surface area contributed by atoms with Crippen LogP contribution in [0.5, 0.6) is 0 Å². The molecule has 0 spiro atoms. The number of aliphatic hydroxyl groups is 1. The monoisotopic (exact) mass is 235 g/mol. The summed E-state index contributed by atoms with van der Waals surface area (Å²) in [6.07, 6.45) is 1.93. The first-order valence-electron chi connectivity index (χ1n) is 5.56. The molecule has 1 aromatic carbocycles. The van der Waals surface area contributed by atoms with Gasteiger partial charge in [-0.3, -0.25) is 0 Å². The van der Waals surface area contributed by atoms with Crippen molar-refractivity contribution in [1.29, 1.82) is 0 Å². The number of para-hydroxylation sites is 1. The van der Waals surface area contributed by atoms with Crippen molar-refractivity contribution in [3.05, 3.63) is 29.3 Å². The summed E-state index contributed by atoms with van der Waals surface area (Å²) >= 11 is 1.76. The average Bonchev–Trinajstić information content (AvgIpc) is 2.69. The molecule has 0 saturated carbocycles. The van der Waals surface area contributed by atoms with Gasteiger partial charge in [0.25, 0.3) is 0 Å². The second kappa shape index (κ2) is 4.52. The zero-order valence-electron chi connectivity index (χ0n) is 9.73. The highest BCUT2D eigenvalue weighted by atomic mass is 32.1. The lowest BCUT2D eigenvalue weighted by molar-refractivity contribution is 0.151. The minimum Gasteiger partial charge on any atom is -0.396 e. The minimum atomic E-state index is -0.00213. The quantitative estimate of drug-likeness (QED) is 0.882. The molecule has 0 fully saturated rings. The number of nitrogens with zero attached hydrogens (tertiary/aromatic N) is 1. The summed E-state index contributed by atoms with van der Waals surface area (Å²) in [6, 6.07) is 8.21. The number of thiazole rings is 1. The van der Waals surface area contributed by atoms with Gasteiger partial charge in [0.1, 0.15) is 0 Å². The van der Waals surface area contributed by atoms with E-state index in [1.807, 2.05) is 18.2 Å². The summed E-state index contributed by atoms with van der Waals surface area (Å²) in [7, 11) is 0. The highest BCUT2D eigenvalue weighted by Crippen LogP contribution is 2.26. The Hall–Kier alpha value is -0.930. The van der Waals surface area contributed by atoms with Crippen molar-refractivity contribution in [2.75, 3.05) is 6.61 Å². The predicted octanol–water partition coefficient (Wildman–Crippen LogP) is 3.25. The number of rotatable bonds is 4. The topological polar surface area (TPSA) is 33.1 Å². The highest BCUT2D eigenvalue weighted by molar-refractivity contribution is 7.18. The van der Waals surface area contributed by atoms with Gasteiger partial charge < -0.3 is 5.11 Å². The molecule has 3 heteroatoms. The number of fused-ring (bicyclic) bond motifs is 1. The molecule has 0 amide bonds. The summed E-state index contributed by atoms with van der Waals surface area (Å²) < 4.78 is 1.25. The summed E-state index contributed by atoms with van der Waals surface area (Å²) in [5.41, 5.74) is 1.09. The third-order valence-electron chi connectivity index (χ3n) is 2.78. The number of aromatic nitrogens is 1. The molecule has 0 saturated heterocycles. The van der Waals surface area contributed by atoms with E-state index in [4.69, 9.17) is 0 Å². The number of hydrogen-bond donors (Lipinski definition) is 1. The normalized spacial score (nSPS) is 12.2. The van der Waals surface area contributed by atoms with E-state index < -0.39 is 0 Å². The highest BCUT2D eigenvalue weighted by Gasteiger charge is 2.17. The summed E-state index contributed by atoms with van der Waals surface area (Å²) in [4.78, 5) is 4.59. The number of aliphatic hydroxyl groups excluding tert-OH is 1. The Morgan fingerprint density at radius 2 is 2.06 bits per heavy atom. The van der Waals surface area contributed by atoms with Crippen LogP contribution >= 0.6 is 11.3 Å². The Bertz CT molecular complexity index is 442. The molecule has 0 aliphatic carbocycles. The zero-order valence-corrected chi connectivity index (χ0v) is 10.5. The first kappa shape index (κ1) is 11.6. The third-order valence-corrected chi connectivity index (χ3v) is 3.88. The van der Waals surface area contributed by atoms with E-state index in [0.29, 0.717) is 0 Å². The van der Waals surface area contributed by atoms with Gasteiger partial charge in [-0.15, -0.1) is 11.3 Å². The molecule has 0 aliphatic rings. The van der Waals surface area contributed by atoms with Crippen LogP contribution in [0, 0.1) is 5.41 Å². The maximum Gasteiger partial charge on any atom is 0.0938 e. The maximum absolute atomic E-state index is 9.19. The number of hydrogen-bond acceptors (Lipinski definition) is 3. The smallest absolute Gasteiger partial charge is 0.0938 e. The third kappa shape index (κ3) is 2.60. The van der Waals surface area contributed by atoms with Crippen LogP contribution in [0.15, 0.2) is 24.3 Å². The Balaban J connectivity index is 2.10. The van der Waals surface area contributed by atoms with Crippen molar-refractivity contribution in [2.45, 2.75) is 26.7 Å². The van der Waals surface area contributed by atoms with E-state index in [1.54, 1.807) is 11.3 Å². The molecule has 86 valence electrons. The molecule has 0 bridgehead atoms. The molecular formula is C13H17NOS. The summed E-state index contributed by atoms with van der Waals surface area (Å²) in [5.74, 6) is 0. The number of benzene rings is 1. The van der Waals surface area contributed by atoms with E-state index in [2.05, 4.69) is 24.9 Å². The van der Waals surface area contributed by atoms with Gasteiger partial charge in [0.15, 0.2) is 0 Å². The minimum absolute atomic E-state index is 0.00213. The second-order valence-corrected chi connectivity index (χ2v) is 6.01. The standard InChI is InChI=1S/C13H17NOS/c1-13(2,9-15)8-7-12-14-10-5-3-4-6-11(10)16-12/h3-6,15H,7-9H2,1-2H3. The number of aryl methyl sites for hydroxylation is 1. The SMILES string of the molecule is CC(C)(CO)CCc1nc2ccccc2s1. The lowest BCUT2D eigenvalue weighted by atomic mass is 9.89. The van der Waals surface area contributed by atoms with Crippen LogP contribution in [0.3, 0.4) is 0 Å². The van der Waals surface area contributed by atoms with Gasteiger partial charge in [-0.05, 0) is 30.4 Å². The van der Waals surface area contributed by atoms with Crippen LogP contribution in [0.25, 0.3) is 10.2 Å². The van der Waals surface area contributed by atoms with Crippen LogP contribution in [0.2, 0.25) is 0 Å². The molecule has 0 radical (unpaired) electrons. The van der Waals surface area contributed by atoms with Crippen molar-refractivity contribution < 1.29 is 5.11 Å². The molecule has 0 atom stereocenters. The van der Waals surface area contributed by atoms with E-state index in [0.717, 1.165) is 18.4 Å². The molecule has 2 nitrogen and oxygen atoms in total. The fourth-order valence-corrected chi connectivity index (χ4v) is 2.52. The molecule has 16 heavy (non-hydrogen) atoms. The van der Waals surface area contributed by atoms with Crippen LogP contribution in [-0.4, -0.2) is 16.7 Å². The van der Waals surface area contributed by atoms with E-state index in [-0.39, 0.29) is 12.0 Å². The van der Waals surface area contributed by atoms with Crippen LogP contribution in [-0.2, 0) is 6.42 Å². The van der Waals surface area contributed by atoms with Crippen LogP contribution in [0.1, 0.15) is 25.3 Å². The largest absolute Gasteiger partial charge is 0.396 e. The Morgan fingerprint density at radius 1 is 1.31 bits per heavy atom. The van der Waals surface area contributed by atoms with Crippen LogP contribution < -0.4 is 0 Å². The van der Waals surface area contributed by atoms with Crippen molar-refractivity contribution >= 4 is 21.6 Å². The average molecular weight is 235 g/mol. The fraction of sp³-hybridized carbons (Fsp3) is 0.462. The van der Waals surface area contributed by atoms with Gasteiger partial charge in [0.2, 0.25) is 0 Å². The molecule has 2 rings (SSSR count). The predicted molar refractivity (Wildman–Crippen MR) is 68.8 cm³/mol. The summed E-state index contributed by atoms with van der Waals surface area (Å²) in [5, 5.41) is 10.4. The van der Waals surface area contributed by atoms with Crippen molar-refractivity contribution in [3.63, 3.8) is 0 Å². The van der Waals surface area contributed by atoms with Crippen molar-refractivity contribution in [3.8, 4) is 0 Å². The lowest BCUT2D eigenvalue weighted by Crippen LogP contribution is -2.17. The molecule has 1 aromatic heterocycles.